The quantitative estimate of drug-likeness (QED) is 0.0647. The van der Waals surface area contributed by atoms with E-state index < -0.39 is 35.6 Å². The Labute approximate surface area is 359 Å². The lowest BCUT2D eigenvalue weighted by Gasteiger charge is -2.25. The number of carboxylic acid groups (broad SMARTS) is 2. The molecule has 0 aliphatic heterocycles. The topological polar surface area (TPSA) is 182 Å². The molecule has 61 heavy (non-hydrogen) atoms. The van der Waals surface area contributed by atoms with Crippen LogP contribution in [0, 0.1) is 114 Å². The SMILES string of the molecule is C#CC#CC#CC#CC(CC(=O)NCCCOCCOCCOCCN(CCOCCOCCCNC(=O)CC(C#CC#CC#CC#C)C(=O)O)c1cccc(C)c1)C(=O)O. The lowest BCUT2D eigenvalue weighted by atomic mass is 10.1. The van der Waals surface area contributed by atoms with Crippen LogP contribution in [-0.4, -0.2) is 126 Å². The van der Waals surface area contributed by atoms with Crippen molar-refractivity contribution in [2.45, 2.75) is 32.6 Å². The van der Waals surface area contributed by atoms with Crippen molar-refractivity contribution in [3.63, 3.8) is 0 Å². The van der Waals surface area contributed by atoms with Gasteiger partial charge in [-0.2, -0.15) is 0 Å². The number of nitrogens with one attached hydrogen (secondary N) is 2. The van der Waals surface area contributed by atoms with E-state index in [0.29, 0.717) is 105 Å². The third-order valence-corrected chi connectivity index (χ3v) is 7.58. The van der Waals surface area contributed by atoms with Crippen LogP contribution in [0.5, 0.6) is 0 Å². The number of carbonyl (C=O) groups is 4. The number of anilines is 1. The molecule has 320 valence electrons. The van der Waals surface area contributed by atoms with Crippen LogP contribution in [0.25, 0.3) is 0 Å². The number of hydrogen-bond acceptors (Lipinski definition) is 10. The van der Waals surface area contributed by atoms with E-state index in [0.717, 1.165) is 11.3 Å². The van der Waals surface area contributed by atoms with E-state index in [2.05, 4.69) is 104 Å². The van der Waals surface area contributed by atoms with Gasteiger partial charge in [-0.15, -0.1) is 12.8 Å². The summed E-state index contributed by atoms with van der Waals surface area (Å²) in [6.45, 7) is 8.06. The number of benzene rings is 1. The van der Waals surface area contributed by atoms with Crippen LogP contribution in [0.1, 0.15) is 31.2 Å². The minimum Gasteiger partial charge on any atom is -0.480 e. The molecule has 0 aromatic heterocycles. The Kier molecular flexibility index (Phi) is 31.0. The highest BCUT2D eigenvalue weighted by Crippen LogP contribution is 2.15. The van der Waals surface area contributed by atoms with Crippen LogP contribution < -0.4 is 15.5 Å². The third kappa shape index (κ3) is 30.0. The number of nitrogens with zero attached hydrogens (tertiary/aromatic N) is 1. The number of terminal acetylenes is 2. The number of amides is 2. The maximum absolute atomic E-state index is 12.1. The Bertz CT molecular complexity index is 2020. The van der Waals surface area contributed by atoms with E-state index in [4.69, 9.17) is 36.5 Å². The van der Waals surface area contributed by atoms with E-state index in [1.807, 2.05) is 25.1 Å². The Morgan fingerprint density at radius 2 is 0.984 bits per heavy atom. The molecule has 0 fully saturated rings. The van der Waals surface area contributed by atoms with Gasteiger partial charge in [-0.25, -0.2) is 0 Å². The number of rotatable bonds is 30. The van der Waals surface area contributed by atoms with Crippen molar-refractivity contribution in [1.29, 1.82) is 0 Å². The van der Waals surface area contributed by atoms with Crippen molar-refractivity contribution in [2.24, 2.45) is 11.8 Å². The highest BCUT2D eigenvalue weighted by Gasteiger charge is 2.19. The molecule has 0 radical (unpaired) electrons. The zero-order valence-corrected chi connectivity index (χ0v) is 34.4. The van der Waals surface area contributed by atoms with Crippen molar-refractivity contribution < 1.29 is 53.1 Å². The zero-order chi connectivity index (χ0) is 44.6. The van der Waals surface area contributed by atoms with Crippen LogP contribution in [0.3, 0.4) is 0 Å². The molecule has 2 atom stereocenters. The fraction of sp³-hybridized carbons (Fsp3) is 0.447. The minimum absolute atomic E-state index is 0.300. The molecular formula is C47H51N3O11. The molecule has 2 amide bonds. The Balaban J connectivity index is 2.19. The summed E-state index contributed by atoms with van der Waals surface area (Å²) in [6.07, 6.45) is 10.4. The molecule has 0 spiro atoms. The van der Waals surface area contributed by atoms with Gasteiger partial charge in [0.25, 0.3) is 0 Å². The van der Waals surface area contributed by atoms with E-state index >= 15 is 0 Å². The number of carbonyl (C=O) groups excluding carboxylic acids is 2. The molecule has 1 aromatic rings. The molecule has 4 N–H and O–H groups in total. The molecule has 0 heterocycles. The number of hydrogen-bond donors (Lipinski definition) is 4. The van der Waals surface area contributed by atoms with Gasteiger partial charge in [-0.05, 0) is 109 Å². The summed E-state index contributed by atoms with van der Waals surface area (Å²) < 4.78 is 28.3. The lowest BCUT2D eigenvalue weighted by Crippen LogP contribution is -2.31. The predicted octanol–water partition coefficient (Wildman–Crippen LogP) is 1.37. The van der Waals surface area contributed by atoms with Crippen molar-refractivity contribution in [2.75, 3.05) is 97.1 Å². The number of aryl methyl sites for hydroxylation is 1. The first kappa shape index (κ1) is 52.2. The molecule has 0 saturated carbocycles. The Morgan fingerprint density at radius 1 is 0.590 bits per heavy atom. The lowest BCUT2D eigenvalue weighted by molar-refractivity contribution is -0.142. The van der Waals surface area contributed by atoms with Crippen molar-refractivity contribution in [1.82, 2.24) is 10.6 Å². The summed E-state index contributed by atoms with van der Waals surface area (Å²) in [6, 6.07) is 8.19. The van der Waals surface area contributed by atoms with Crippen LogP contribution in [-0.2, 0) is 42.9 Å². The first-order valence-electron chi connectivity index (χ1n) is 19.3. The number of carboxylic acids is 2. The molecule has 0 bridgehead atoms. The van der Waals surface area contributed by atoms with E-state index in [1.54, 1.807) is 0 Å². The van der Waals surface area contributed by atoms with Gasteiger partial charge in [0.05, 0.1) is 65.7 Å². The molecule has 2 unspecified atom stereocenters. The normalized spacial score (nSPS) is 10.3. The summed E-state index contributed by atoms with van der Waals surface area (Å²) in [7, 11) is 0. The van der Waals surface area contributed by atoms with Crippen molar-refractivity contribution in [3.8, 4) is 95.7 Å². The van der Waals surface area contributed by atoms with E-state index in [-0.39, 0.29) is 12.8 Å². The standard InChI is InChI=1S/C47H51N3O11/c1-4-6-8-10-12-14-20-41(46(53)54)38-44(51)48-23-17-27-57-31-33-59-29-25-50(43-22-16-19-40(3)37-43)26-30-60-34-36-61-35-32-58-28-18-24-49-45(52)39-42(47(55)56)21-15-13-11-9-7-5-2/h1-2,16,19,22,37,41-42H,17-18,23-36,38-39H2,3H3,(H,48,51)(H,49,52)(H,53,54)(H,55,56). The molecule has 14 heteroatoms. The van der Waals surface area contributed by atoms with Gasteiger partial charge in [-0.1, -0.05) is 24.0 Å². The second-order valence-corrected chi connectivity index (χ2v) is 12.3. The highest BCUT2D eigenvalue weighted by molar-refractivity contribution is 5.85. The van der Waals surface area contributed by atoms with E-state index in [9.17, 15) is 29.4 Å². The summed E-state index contributed by atoms with van der Waals surface area (Å²) in [5.74, 6) is 26.9. The first-order valence-corrected chi connectivity index (χ1v) is 19.3. The summed E-state index contributed by atoms with van der Waals surface area (Å²) >= 11 is 0. The average Bonchev–Trinajstić information content (AvgIpc) is 3.23. The maximum Gasteiger partial charge on any atom is 0.319 e. The van der Waals surface area contributed by atoms with Gasteiger partial charge < -0.3 is 49.4 Å². The van der Waals surface area contributed by atoms with Gasteiger partial charge in [0.1, 0.15) is 11.8 Å². The number of ether oxygens (including phenoxy) is 5. The molecule has 0 saturated heterocycles. The summed E-state index contributed by atoms with van der Waals surface area (Å²) in [4.78, 5) is 49.2. The molecular weight excluding hydrogens is 783 g/mol. The maximum atomic E-state index is 12.1. The Morgan fingerprint density at radius 3 is 1.39 bits per heavy atom. The molecule has 0 aliphatic carbocycles. The van der Waals surface area contributed by atoms with Gasteiger partial charge in [0.15, 0.2) is 0 Å². The molecule has 1 aromatic carbocycles. The van der Waals surface area contributed by atoms with Crippen LogP contribution in [0.4, 0.5) is 5.69 Å². The van der Waals surface area contributed by atoms with E-state index in [1.165, 1.54) is 0 Å². The van der Waals surface area contributed by atoms with Crippen LogP contribution in [0.2, 0.25) is 0 Å². The summed E-state index contributed by atoms with van der Waals surface area (Å²) in [5, 5.41) is 23.9. The van der Waals surface area contributed by atoms with Gasteiger partial charge in [-0.3, -0.25) is 19.2 Å². The third-order valence-electron chi connectivity index (χ3n) is 7.58. The largest absolute Gasteiger partial charge is 0.480 e. The molecule has 14 nitrogen and oxygen atoms in total. The van der Waals surface area contributed by atoms with Gasteiger partial charge >= 0.3 is 11.9 Å². The fourth-order valence-corrected chi connectivity index (χ4v) is 4.63. The smallest absolute Gasteiger partial charge is 0.319 e. The first-order chi connectivity index (χ1) is 29.7. The van der Waals surface area contributed by atoms with Crippen LogP contribution >= 0.6 is 0 Å². The minimum atomic E-state index is -1.22. The van der Waals surface area contributed by atoms with Gasteiger partial charge in [0.2, 0.25) is 11.8 Å². The molecule has 0 aliphatic rings. The molecule has 1 rings (SSSR count). The predicted molar refractivity (Wildman–Crippen MR) is 229 cm³/mol. The van der Waals surface area contributed by atoms with Gasteiger partial charge in [0, 0.05) is 45.1 Å². The second-order valence-electron chi connectivity index (χ2n) is 12.3. The fourth-order valence-electron chi connectivity index (χ4n) is 4.63. The number of aliphatic carboxylic acids is 2. The zero-order valence-electron chi connectivity index (χ0n) is 34.4. The average molecular weight is 834 g/mol. The van der Waals surface area contributed by atoms with Crippen molar-refractivity contribution >= 4 is 29.4 Å². The summed E-state index contributed by atoms with van der Waals surface area (Å²) in [5.41, 5.74) is 2.20. The van der Waals surface area contributed by atoms with Crippen LogP contribution in [0.15, 0.2) is 24.3 Å². The van der Waals surface area contributed by atoms with Crippen molar-refractivity contribution in [3.05, 3.63) is 29.8 Å². The highest BCUT2D eigenvalue weighted by atomic mass is 16.5. The Hall–Kier alpha value is -6.82. The second kappa shape index (κ2) is 36.3. The monoisotopic (exact) mass is 833 g/mol.